The van der Waals surface area contributed by atoms with Crippen LogP contribution in [0.2, 0.25) is 0 Å². The number of hydrogen-bond donors (Lipinski definition) is 2. The van der Waals surface area contributed by atoms with Gasteiger partial charge in [0.2, 0.25) is 0 Å². The predicted octanol–water partition coefficient (Wildman–Crippen LogP) is 3.77. The largest absolute Gasteiger partial charge is 0.481 e. The first-order valence-electron chi connectivity index (χ1n) is 8.92. The molecule has 1 aromatic heterocycles. The SMILES string of the molecule is O=C(O)CCC1(CCC(=O)O)c2ccccc2-c2nc3cc(F)ccc3nc21. The minimum Gasteiger partial charge on any atom is -0.481 e. The molecule has 0 unspecified atom stereocenters. The first-order valence-corrected chi connectivity index (χ1v) is 8.92. The van der Waals surface area contributed by atoms with Crippen LogP contribution in [0.25, 0.3) is 22.3 Å². The molecule has 0 saturated carbocycles. The zero-order valence-corrected chi connectivity index (χ0v) is 14.9. The fraction of sp³-hybridized carbons (Fsp3) is 0.238. The Morgan fingerprint density at radius 2 is 1.61 bits per heavy atom. The second-order valence-corrected chi connectivity index (χ2v) is 6.97. The third kappa shape index (κ3) is 2.89. The van der Waals surface area contributed by atoms with Gasteiger partial charge in [-0.05, 0) is 30.5 Å². The van der Waals surface area contributed by atoms with Gasteiger partial charge in [0.25, 0.3) is 0 Å². The van der Waals surface area contributed by atoms with Crippen LogP contribution in [0.5, 0.6) is 0 Å². The van der Waals surface area contributed by atoms with Crippen molar-refractivity contribution in [2.45, 2.75) is 31.1 Å². The summed E-state index contributed by atoms with van der Waals surface area (Å²) in [6.07, 6.45) is 0.162. The van der Waals surface area contributed by atoms with E-state index in [0.717, 1.165) is 11.1 Å². The van der Waals surface area contributed by atoms with E-state index < -0.39 is 23.2 Å². The van der Waals surface area contributed by atoms with E-state index in [1.54, 1.807) is 0 Å². The summed E-state index contributed by atoms with van der Waals surface area (Å²) in [5, 5.41) is 18.5. The Labute approximate surface area is 159 Å². The van der Waals surface area contributed by atoms with Gasteiger partial charge < -0.3 is 10.2 Å². The molecule has 0 radical (unpaired) electrons. The van der Waals surface area contributed by atoms with E-state index in [9.17, 15) is 24.2 Å². The number of benzene rings is 2. The van der Waals surface area contributed by atoms with Gasteiger partial charge in [-0.3, -0.25) is 9.59 Å². The van der Waals surface area contributed by atoms with Crippen LogP contribution >= 0.6 is 0 Å². The van der Waals surface area contributed by atoms with E-state index in [-0.39, 0.29) is 25.7 Å². The second-order valence-electron chi connectivity index (χ2n) is 6.97. The Hall–Kier alpha value is -3.35. The van der Waals surface area contributed by atoms with Crippen LogP contribution in [0.1, 0.15) is 36.9 Å². The molecule has 0 saturated heterocycles. The van der Waals surface area contributed by atoms with E-state index in [4.69, 9.17) is 4.98 Å². The van der Waals surface area contributed by atoms with E-state index in [1.165, 1.54) is 18.2 Å². The number of aliphatic carboxylic acids is 2. The number of hydrogen-bond acceptors (Lipinski definition) is 4. The summed E-state index contributed by atoms with van der Waals surface area (Å²) in [5.74, 6) is -2.34. The lowest BCUT2D eigenvalue weighted by Gasteiger charge is -2.30. The molecular formula is C21H17FN2O4. The first kappa shape index (κ1) is 18.0. The third-order valence-electron chi connectivity index (χ3n) is 5.31. The summed E-state index contributed by atoms with van der Waals surface area (Å²) >= 11 is 0. The Morgan fingerprint density at radius 1 is 0.929 bits per heavy atom. The summed E-state index contributed by atoms with van der Waals surface area (Å²) in [6, 6.07) is 11.5. The standard InChI is InChI=1S/C21H17FN2O4/c22-12-5-6-15-16(11-12)23-19-13-3-1-2-4-14(13)21(20(19)24-15,9-7-17(25)26)10-8-18(27)28/h1-6,11H,7-10H2,(H,25,26)(H,27,28). The van der Waals surface area contributed by atoms with Crippen molar-refractivity contribution in [1.29, 1.82) is 0 Å². The molecule has 28 heavy (non-hydrogen) atoms. The van der Waals surface area contributed by atoms with Gasteiger partial charge in [-0.15, -0.1) is 0 Å². The average Bonchev–Trinajstić information content (AvgIpc) is 2.93. The number of fused-ring (bicyclic) bond motifs is 4. The lowest BCUT2D eigenvalue weighted by molar-refractivity contribution is -0.137. The molecule has 6 nitrogen and oxygen atoms in total. The maximum atomic E-state index is 13.7. The van der Waals surface area contributed by atoms with Crippen molar-refractivity contribution in [3.05, 3.63) is 59.5 Å². The molecule has 2 N–H and O–H groups in total. The van der Waals surface area contributed by atoms with Crippen molar-refractivity contribution in [3.63, 3.8) is 0 Å². The zero-order chi connectivity index (χ0) is 19.9. The lowest BCUT2D eigenvalue weighted by Crippen LogP contribution is -2.28. The summed E-state index contributed by atoms with van der Waals surface area (Å²) in [5.41, 5.74) is 2.76. The molecule has 7 heteroatoms. The average molecular weight is 380 g/mol. The molecule has 4 rings (SSSR count). The van der Waals surface area contributed by atoms with Crippen LogP contribution in [-0.2, 0) is 15.0 Å². The molecule has 1 aliphatic carbocycles. The summed E-state index contributed by atoms with van der Waals surface area (Å²) in [6.45, 7) is 0. The van der Waals surface area contributed by atoms with Gasteiger partial charge in [0.05, 0.1) is 22.4 Å². The normalized spacial score (nSPS) is 13.9. The highest BCUT2D eigenvalue weighted by Crippen LogP contribution is 2.52. The number of carboxylic acid groups (broad SMARTS) is 2. The van der Waals surface area contributed by atoms with Gasteiger partial charge in [0, 0.05) is 29.9 Å². The van der Waals surface area contributed by atoms with Crippen LogP contribution in [0.4, 0.5) is 4.39 Å². The van der Waals surface area contributed by atoms with Gasteiger partial charge in [0.1, 0.15) is 5.82 Å². The van der Waals surface area contributed by atoms with Crippen molar-refractivity contribution in [2.75, 3.05) is 0 Å². The monoisotopic (exact) mass is 380 g/mol. The van der Waals surface area contributed by atoms with Gasteiger partial charge in [-0.25, -0.2) is 14.4 Å². The number of rotatable bonds is 6. The quantitative estimate of drug-likeness (QED) is 0.675. The van der Waals surface area contributed by atoms with E-state index in [0.29, 0.717) is 22.4 Å². The Kier molecular flexibility index (Phi) is 4.30. The van der Waals surface area contributed by atoms with Crippen LogP contribution < -0.4 is 0 Å². The van der Waals surface area contributed by atoms with Crippen LogP contribution in [0.15, 0.2) is 42.5 Å². The molecule has 0 spiro atoms. The van der Waals surface area contributed by atoms with Gasteiger partial charge in [0.15, 0.2) is 0 Å². The fourth-order valence-electron chi connectivity index (χ4n) is 4.06. The minimum absolute atomic E-state index is 0.128. The number of aromatic nitrogens is 2. The predicted molar refractivity (Wildman–Crippen MR) is 99.5 cm³/mol. The van der Waals surface area contributed by atoms with Gasteiger partial charge in [-0.2, -0.15) is 0 Å². The van der Waals surface area contributed by atoms with Crippen molar-refractivity contribution in [2.24, 2.45) is 0 Å². The van der Waals surface area contributed by atoms with Crippen molar-refractivity contribution in [1.82, 2.24) is 9.97 Å². The van der Waals surface area contributed by atoms with E-state index in [2.05, 4.69) is 4.98 Å². The highest BCUT2D eigenvalue weighted by Gasteiger charge is 2.45. The van der Waals surface area contributed by atoms with Gasteiger partial charge in [-0.1, -0.05) is 24.3 Å². The molecule has 1 heterocycles. The molecule has 142 valence electrons. The molecule has 0 bridgehead atoms. The van der Waals surface area contributed by atoms with Crippen LogP contribution in [-0.4, -0.2) is 32.1 Å². The van der Waals surface area contributed by atoms with E-state index in [1.807, 2.05) is 24.3 Å². The fourth-order valence-corrected chi connectivity index (χ4v) is 4.06. The molecule has 0 atom stereocenters. The number of halogens is 1. The lowest BCUT2D eigenvalue weighted by atomic mass is 9.73. The smallest absolute Gasteiger partial charge is 0.303 e. The Balaban J connectivity index is 1.98. The number of nitrogens with zero attached hydrogens (tertiary/aromatic N) is 2. The maximum absolute atomic E-state index is 13.7. The molecule has 3 aromatic rings. The third-order valence-corrected chi connectivity index (χ3v) is 5.31. The molecule has 0 fully saturated rings. The second kappa shape index (κ2) is 6.67. The molecule has 0 amide bonds. The highest BCUT2D eigenvalue weighted by atomic mass is 19.1. The molecule has 2 aromatic carbocycles. The Bertz CT molecular complexity index is 1090. The number of carbonyl (C=O) groups is 2. The number of carboxylic acids is 2. The van der Waals surface area contributed by atoms with Crippen molar-refractivity contribution >= 4 is 23.0 Å². The Morgan fingerprint density at radius 3 is 2.29 bits per heavy atom. The topological polar surface area (TPSA) is 100 Å². The minimum atomic E-state index is -0.962. The van der Waals surface area contributed by atoms with Crippen LogP contribution in [0, 0.1) is 5.82 Å². The highest BCUT2D eigenvalue weighted by molar-refractivity contribution is 5.84. The molecule has 1 aliphatic rings. The molecular weight excluding hydrogens is 363 g/mol. The zero-order valence-electron chi connectivity index (χ0n) is 14.9. The maximum Gasteiger partial charge on any atom is 0.303 e. The first-order chi connectivity index (χ1) is 13.4. The van der Waals surface area contributed by atoms with E-state index >= 15 is 0 Å². The van der Waals surface area contributed by atoms with Crippen LogP contribution in [0.3, 0.4) is 0 Å². The van der Waals surface area contributed by atoms with Gasteiger partial charge >= 0.3 is 11.9 Å². The van der Waals surface area contributed by atoms with Crippen molar-refractivity contribution < 1.29 is 24.2 Å². The summed E-state index contributed by atoms with van der Waals surface area (Å²) in [7, 11) is 0. The summed E-state index contributed by atoms with van der Waals surface area (Å²) < 4.78 is 13.7. The summed E-state index contributed by atoms with van der Waals surface area (Å²) in [4.78, 5) is 31.9. The molecule has 0 aliphatic heterocycles. The van der Waals surface area contributed by atoms with Crippen molar-refractivity contribution in [3.8, 4) is 11.3 Å².